The highest BCUT2D eigenvalue weighted by Crippen LogP contribution is 2.16. The van der Waals surface area contributed by atoms with Crippen molar-refractivity contribution in [2.45, 2.75) is 19.9 Å². The van der Waals surface area contributed by atoms with Crippen LogP contribution in [-0.2, 0) is 28.0 Å². The first-order valence-electron chi connectivity index (χ1n) is 6.63. The maximum atomic E-state index is 11.5. The Morgan fingerprint density at radius 2 is 1.64 bits per heavy atom. The lowest BCUT2D eigenvalue weighted by molar-refractivity contribution is -0.138. The predicted octanol–water partition coefficient (Wildman–Crippen LogP) is 1.19. The topological polar surface area (TPSA) is 78.9 Å². The first-order chi connectivity index (χ1) is 10.4. The molecular weight excluding hydrogens is 304 g/mol. The van der Waals surface area contributed by atoms with Crippen LogP contribution in [0.1, 0.15) is 13.8 Å². The van der Waals surface area contributed by atoms with Gasteiger partial charge in [0.15, 0.2) is 0 Å². The summed E-state index contributed by atoms with van der Waals surface area (Å²) in [6.45, 7) is 5.73. The molecular formula is C15H18O6Si. The minimum Gasteiger partial charge on any atom is -0.482 e. The van der Waals surface area contributed by atoms with E-state index in [2.05, 4.69) is 6.58 Å². The lowest BCUT2D eigenvalue weighted by Crippen LogP contribution is -2.56. The van der Waals surface area contributed by atoms with Crippen molar-refractivity contribution in [3.8, 4) is 0 Å². The van der Waals surface area contributed by atoms with Gasteiger partial charge in [0.05, 0.1) is 12.7 Å². The highest BCUT2D eigenvalue weighted by Gasteiger charge is 2.46. The Hall–Kier alpha value is -2.41. The third-order valence-corrected chi connectivity index (χ3v) is 5.98. The fraction of sp³-hybridized carbons (Fsp3) is 0.267. The molecule has 1 rings (SSSR count). The van der Waals surface area contributed by atoms with Crippen LogP contribution in [0.25, 0.3) is 0 Å². The third-order valence-electron chi connectivity index (χ3n) is 2.67. The van der Waals surface area contributed by atoms with Gasteiger partial charge >= 0.3 is 14.5 Å². The van der Waals surface area contributed by atoms with Gasteiger partial charge in [0.25, 0.3) is 11.9 Å². The molecule has 0 spiro atoms. The van der Waals surface area contributed by atoms with Gasteiger partial charge < -0.3 is 13.6 Å². The zero-order valence-electron chi connectivity index (χ0n) is 12.5. The Morgan fingerprint density at radius 1 is 1.09 bits per heavy atom. The first-order valence-corrected chi connectivity index (χ1v) is 8.66. The van der Waals surface area contributed by atoms with Crippen LogP contribution < -0.4 is 5.19 Å². The standard InChI is InChI=1S/C15H18O6Si/c1-4-15(18)19-10-11-22(20-12(2)16,21-13(3)17)14-8-6-5-7-9-14/h4-9H,1,10-11H2,2-3H3. The van der Waals surface area contributed by atoms with Crippen LogP contribution in [0.4, 0.5) is 0 Å². The van der Waals surface area contributed by atoms with Gasteiger partial charge in [0.1, 0.15) is 0 Å². The molecule has 118 valence electrons. The zero-order valence-corrected chi connectivity index (χ0v) is 13.5. The maximum Gasteiger partial charge on any atom is 0.502 e. The number of carbonyl (C=O) groups is 3. The Labute approximate surface area is 129 Å². The summed E-state index contributed by atoms with van der Waals surface area (Å²) < 4.78 is 15.7. The van der Waals surface area contributed by atoms with Crippen molar-refractivity contribution in [3.05, 3.63) is 43.0 Å². The van der Waals surface area contributed by atoms with Crippen molar-refractivity contribution >= 4 is 31.7 Å². The van der Waals surface area contributed by atoms with Crippen LogP contribution in [0.5, 0.6) is 0 Å². The number of hydrogen-bond acceptors (Lipinski definition) is 6. The molecule has 6 nitrogen and oxygen atoms in total. The number of benzene rings is 1. The van der Waals surface area contributed by atoms with E-state index in [1.54, 1.807) is 30.3 Å². The molecule has 22 heavy (non-hydrogen) atoms. The van der Waals surface area contributed by atoms with Gasteiger partial charge in [-0.15, -0.1) is 0 Å². The fourth-order valence-corrected chi connectivity index (χ4v) is 4.66. The van der Waals surface area contributed by atoms with Crippen LogP contribution >= 0.6 is 0 Å². The summed E-state index contributed by atoms with van der Waals surface area (Å²) in [4.78, 5) is 34.1. The van der Waals surface area contributed by atoms with Gasteiger partial charge in [-0.3, -0.25) is 9.59 Å². The Bertz CT molecular complexity index is 538. The highest BCUT2D eigenvalue weighted by molar-refractivity contribution is 6.83. The summed E-state index contributed by atoms with van der Waals surface area (Å²) in [6.07, 6.45) is 1.03. The smallest absolute Gasteiger partial charge is 0.482 e. The molecule has 0 amide bonds. The molecule has 0 radical (unpaired) electrons. The number of ether oxygens (including phenoxy) is 1. The van der Waals surface area contributed by atoms with Gasteiger partial charge in [-0.1, -0.05) is 36.9 Å². The molecule has 0 unspecified atom stereocenters. The molecule has 0 heterocycles. The van der Waals surface area contributed by atoms with Crippen LogP contribution in [0.15, 0.2) is 43.0 Å². The highest BCUT2D eigenvalue weighted by atomic mass is 28.4. The summed E-state index contributed by atoms with van der Waals surface area (Å²) in [5.41, 5.74) is 0. The molecule has 1 aromatic carbocycles. The summed E-state index contributed by atoms with van der Waals surface area (Å²) in [5, 5.41) is 0.607. The van der Waals surface area contributed by atoms with E-state index in [4.69, 9.17) is 13.6 Å². The van der Waals surface area contributed by atoms with E-state index < -0.39 is 26.5 Å². The summed E-state index contributed by atoms with van der Waals surface area (Å²) in [6, 6.07) is 8.83. The third kappa shape index (κ3) is 5.17. The van der Waals surface area contributed by atoms with Crippen LogP contribution in [0.2, 0.25) is 6.04 Å². The van der Waals surface area contributed by atoms with E-state index >= 15 is 0 Å². The van der Waals surface area contributed by atoms with Gasteiger partial charge in [0, 0.05) is 25.1 Å². The largest absolute Gasteiger partial charge is 0.502 e. The van der Waals surface area contributed by atoms with Gasteiger partial charge in [0.2, 0.25) is 0 Å². The SMILES string of the molecule is C=CC(=O)OCC[Si](OC(C)=O)(OC(C)=O)c1ccccc1. The molecule has 0 saturated heterocycles. The number of esters is 1. The molecule has 0 atom stereocenters. The first kappa shape index (κ1) is 17.6. The van der Waals surface area contributed by atoms with Gasteiger partial charge in [-0.05, 0) is 0 Å². The minimum atomic E-state index is -3.39. The van der Waals surface area contributed by atoms with Crippen molar-refractivity contribution < 1.29 is 28.0 Å². The molecule has 0 saturated carbocycles. The summed E-state index contributed by atoms with van der Waals surface area (Å²) in [7, 11) is -3.39. The van der Waals surface area contributed by atoms with Crippen molar-refractivity contribution in [1.82, 2.24) is 0 Å². The van der Waals surface area contributed by atoms with Crippen molar-refractivity contribution in [2.24, 2.45) is 0 Å². The molecule has 0 N–H and O–H groups in total. The van der Waals surface area contributed by atoms with Crippen LogP contribution in [0, 0.1) is 0 Å². The average Bonchev–Trinajstić information content (AvgIpc) is 2.46. The number of rotatable bonds is 7. The summed E-state index contributed by atoms with van der Waals surface area (Å²) >= 11 is 0. The molecule has 0 aliphatic rings. The van der Waals surface area contributed by atoms with Crippen LogP contribution in [-0.4, -0.2) is 33.1 Å². The fourth-order valence-electron chi connectivity index (χ4n) is 1.89. The summed E-state index contributed by atoms with van der Waals surface area (Å²) in [5.74, 6) is -1.72. The second kappa shape index (κ2) is 8.13. The molecule has 0 aromatic heterocycles. The number of hydrogen-bond donors (Lipinski definition) is 0. The van der Waals surface area contributed by atoms with E-state index in [0.29, 0.717) is 5.19 Å². The molecule has 0 bridgehead atoms. The van der Waals surface area contributed by atoms with E-state index in [1.165, 1.54) is 13.8 Å². The molecule has 0 aliphatic heterocycles. The predicted molar refractivity (Wildman–Crippen MR) is 81.3 cm³/mol. The van der Waals surface area contributed by atoms with E-state index in [-0.39, 0.29) is 12.7 Å². The lowest BCUT2D eigenvalue weighted by Gasteiger charge is -2.28. The molecule has 0 aliphatic carbocycles. The van der Waals surface area contributed by atoms with Crippen molar-refractivity contribution in [2.75, 3.05) is 6.61 Å². The lowest BCUT2D eigenvalue weighted by atomic mass is 10.4. The van der Waals surface area contributed by atoms with E-state index in [1.807, 2.05) is 0 Å². The Balaban J connectivity index is 3.08. The second-order valence-corrected chi connectivity index (χ2v) is 7.42. The second-order valence-electron chi connectivity index (χ2n) is 4.43. The van der Waals surface area contributed by atoms with Gasteiger partial charge in [-0.25, -0.2) is 4.79 Å². The molecule has 0 fully saturated rings. The monoisotopic (exact) mass is 322 g/mol. The molecule has 1 aromatic rings. The Morgan fingerprint density at radius 3 is 2.09 bits per heavy atom. The van der Waals surface area contributed by atoms with Crippen molar-refractivity contribution in [1.29, 1.82) is 0 Å². The van der Waals surface area contributed by atoms with E-state index in [0.717, 1.165) is 6.08 Å². The zero-order chi connectivity index (χ0) is 16.6. The quantitative estimate of drug-likeness (QED) is 0.426. The average molecular weight is 322 g/mol. The van der Waals surface area contributed by atoms with Crippen molar-refractivity contribution in [3.63, 3.8) is 0 Å². The normalized spacial score (nSPS) is 10.5. The van der Waals surface area contributed by atoms with E-state index in [9.17, 15) is 14.4 Å². The maximum absolute atomic E-state index is 11.5. The number of carbonyl (C=O) groups excluding carboxylic acids is 3. The Kier molecular flexibility index (Phi) is 6.52. The van der Waals surface area contributed by atoms with Crippen LogP contribution in [0.3, 0.4) is 0 Å². The minimum absolute atomic E-state index is 0.0491. The molecule has 7 heteroatoms. The van der Waals surface area contributed by atoms with Gasteiger partial charge in [-0.2, -0.15) is 0 Å².